The van der Waals surface area contributed by atoms with Gasteiger partial charge in [-0.15, -0.1) is 11.3 Å². The van der Waals surface area contributed by atoms with Crippen LogP contribution in [-0.4, -0.2) is 40.6 Å². The van der Waals surface area contributed by atoms with Crippen LogP contribution in [-0.2, 0) is 6.54 Å². The lowest BCUT2D eigenvalue weighted by Crippen LogP contribution is -2.30. The molecule has 1 aliphatic heterocycles. The SMILES string of the molecule is NNC(=O)c1nc(CN2CCC(CO)C2)cs1. The third-order valence-electron chi connectivity index (χ3n) is 2.89. The lowest BCUT2D eigenvalue weighted by atomic mass is 10.1. The number of amides is 1. The van der Waals surface area contributed by atoms with E-state index in [1.807, 2.05) is 5.38 Å². The highest BCUT2D eigenvalue weighted by molar-refractivity contribution is 7.11. The predicted octanol–water partition coefficient (Wildman–Crippen LogP) is -0.439. The highest BCUT2D eigenvalue weighted by atomic mass is 32.1. The summed E-state index contributed by atoms with van der Waals surface area (Å²) in [7, 11) is 0. The van der Waals surface area contributed by atoms with E-state index in [4.69, 9.17) is 10.9 Å². The molecule has 2 heterocycles. The van der Waals surface area contributed by atoms with E-state index in [9.17, 15) is 4.79 Å². The summed E-state index contributed by atoms with van der Waals surface area (Å²) < 4.78 is 0. The lowest BCUT2D eigenvalue weighted by molar-refractivity contribution is 0.0953. The molecule has 4 N–H and O–H groups in total. The Labute approximate surface area is 103 Å². The molecule has 0 radical (unpaired) electrons. The summed E-state index contributed by atoms with van der Waals surface area (Å²) in [6, 6.07) is 0. The number of nitrogens with zero attached hydrogens (tertiary/aromatic N) is 2. The van der Waals surface area contributed by atoms with Crippen molar-refractivity contribution in [1.29, 1.82) is 0 Å². The lowest BCUT2D eigenvalue weighted by Gasteiger charge is -2.13. The number of rotatable bonds is 4. The van der Waals surface area contributed by atoms with Crippen LogP contribution in [0.25, 0.3) is 0 Å². The molecule has 0 aliphatic carbocycles. The van der Waals surface area contributed by atoms with Crippen LogP contribution in [0.2, 0.25) is 0 Å². The first-order chi connectivity index (χ1) is 8.22. The number of carbonyl (C=O) groups is 1. The smallest absolute Gasteiger partial charge is 0.294 e. The van der Waals surface area contributed by atoms with Gasteiger partial charge in [0.15, 0.2) is 5.01 Å². The van der Waals surface area contributed by atoms with E-state index in [0.29, 0.717) is 10.9 Å². The number of likely N-dealkylation sites (tertiary alicyclic amines) is 1. The summed E-state index contributed by atoms with van der Waals surface area (Å²) in [5.74, 6) is 5.07. The van der Waals surface area contributed by atoms with E-state index in [0.717, 1.165) is 31.7 Å². The normalized spacial score (nSPS) is 20.7. The van der Waals surface area contributed by atoms with Gasteiger partial charge in [-0.05, 0) is 18.9 Å². The van der Waals surface area contributed by atoms with Gasteiger partial charge in [0.25, 0.3) is 5.91 Å². The molecule has 17 heavy (non-hydrogen) atoms. The second kappa shape index (κ2) is 5.54. The van der Waals surface area contributed by atoms with Crippen LogP contribution in [0.5, 0.6) is 0 Å². The van der Waals surface area contributed by atoms with E-state index in [1.165, 1.54) is 11.3 Å². The van der Waals surface area contributed by atoms with Crippen LogP contribution in [0, 0.1) is 5.92 Å². The van der Waals surface area contributed by atoms with Crippen molar-refractivity contribution in [1.82, 2.24) is 15.3 Å². The van der Waals surface area contributed by atoms with Crippen LogP contribution in [0.1, 0.15) is 21.9 Å². The molecule has 0 saturated carbocycles. The maximum Gasteiger partial charge on any atom is 0.294 e. The zero-order chi connectivity index (χ0) is 12.3. The Morgan fingerprint density at radius 2 is 2.59 bits per heavy atom. The zero-order valence-corrected chi connectivity index (χ0v) is 10.2. The number of hydrogen-bond donors (Lipinski definition) is 3. The Morgan fingerprint density at radius 3 is 3.24 bits per heavy atom. The van der Waals surface area contributed by atoms with Gasteiger partial charge >= 0.3 is 0 Å². The van der Waals surface area contributed by atoms with Crippen molar-refractivity contribution in [3.05, 3.63) is 16.1 Å². The molecule has 0 aromatic carbocycles. The summed E-state index contributed by atoms with van der Waals surface area (Å²) in [4.78, 5) is 17.7. The second-order valence-electron chi connectivity index (χ2n) is 4.19. The van der Waals surface area contributed by atoms with Crippen LogP contribution < -0.4 is 11.3 Å². The van der Waals surface area contributed by atoms with Gasteiger partial charge in [0.2, 0.25) is 0 Å². The number of aliphatic hydroxyl groups excluding tert-OH is 1. The maximum absolute atomic E-state index is 11.2. The largest absolute Gasteiger partial charge is 0.396 e. The van der Waals surface area contributed by atoms with Crippen molar-refractivity contribution >= 4 is 17.2 Å². The topological polar surface area (TPSA) is 91.5 Å². The van der Waals surface area contributed by atoms with Gasteiger partial charge in [-0.3, -0.25) is 15.1 Å². The third kappa shape index (κ3) is 3.01. The minimum atomic E-state index is -0.351. The van der Waals surface area contributed by atoms with Gasteiger partial charge in [-0.1, -0.05) is 0 Å². The van der Waals surface area contributed by atoms with E-state index in [2.05, 4.69) is 15.3 Å². The Balaban J connectivity index is 1.91. The van der Waals surface area contributed by atoms with Crippen molar-refractivity contribution in [2.75, 3.05) is 19.7 Å². The summed E-state index contributed by atoms with van der Waals surface area (Å²) in [6.45, 7) is 2.84. The van der Waals surface area contributed by atoms with Gasteiger partial charge in [0, 0.05) is 25.1 Å². The average molecular weight is 256 g/mol. The fraction of sp³-hybridized carbons (Fsp3) is 0.600. The number of nitrogens with two attached hydrogens (primary N) is 1. The molecule has 1 aromatic heterocycles. The number of carbonyl (C=O) groups excluding carboxylic acids is 1. The Morgan fingerprint density at radius 1 is 1.76 bits per heavy atom. The number of hydrazine groups is 1. The van der Waals surface area contributed by atoms with Crippen molar-refractivity contribution in [3.8, 4) is 0 Å². The monoisotopic (exact) mass is 256 g/mol. The molecule has 6 nitrogen and oxygen atoms in total. The third-order valence-corrected chi connectivity index (χ3v) is 3.78. The number of nitrogens with one attached hydrogen (secondary N) is 1. The quantitative estimate of drug-likeness (QED) is 0.386. The van der Waals surface area contributed by atoms with Crippen LogP contribution >= 0.6 is 11.3 Å². The van der Waals surface area contributed by atoms with E-state index in [-0.39, 0.29) is 12.5 Å². The van der Waals surface area contributed by atoms with Gasteiger partial charge in [-0.2, -0.15) is 0 Å². The van der Waals surface area contributed by atoms with Crippen LogP contribution in [0.3, 0.4) is 0 Å². The molecular formula is C10H16N4O2S. The molecule has 7 heteroatoms. The highest BCUT2D eigenvalue weighted by Gasteiger charge is 2.22. The molecule has 1 amide bonds. The molecule has 1 aromatic rings. The van der Waals surface area contributed by atoms with E-state index in [1.54, 1.807) is 0 Å². The first-order valence-corrected chi connectivity index (χ1v) is 6.39. The molecule has 2 rings (SSSR count). The first kappa shape index (κ1) is 12.4. The second-order valence-corrected chi connectivity index (χ2v) is 5.05. The van der Waals surface area contributed by atoms with Crippen molar-refractivity contribution in [2.24, 2.45) is 11.8 Å². The highest BCUT2D eigenvalue weighted by Crippen LogP contribution is 2.19. The Kier molecular flexibility index (Phi) is 4.06. The van der Waals surface area contributed by atoms with E-state index < -0.39 is 0 Å². The van der Waals surface area contributed by atoms with Gasteiger partial charge < -0.3 is 5.11 Å². The van der Waals surface area contributed by atoms with Crippen LogP contribution in [0.4, 0.5) is 0 Å². The summed E-state index contributed by atoms with van der Waals surface area (Å²) in [5, 5.41) is 11.3. The first-order valence-electron chi connectivity index (χ1n) is 5.51. The summed E-state index contributed by atoms with van der Waals surface area (Å²) in [6.07, 6.45) is 1.02. The minimum Gasteiger partial charge on any atom is -0.396 e. The summed E-state index contributed by atoms with van der Waals surface area (Å²) in [5.41, 5.74) is 2.95. The van der Waals surface area contributed by atoms with Crippen molar-refractivity contribution in [2.45, 2.75) is 13.0 Å². The Bertz CT molecular complexity index is 395. The molecule has 1 saturated heterocycles. The number of aromatic nitrogens is 1. The molecule has 0 spiro atoms. The molecule has 1 fully saturated rings. The van der Waals surface area contributed by atoms with Crippen LogP contribution in [0.15, 0.2) is 5.38 Å². The van der Waals surface area contributed by atoms with Gasteiger partial charge in [0.1, 0.15) is 0 Å². The molecule has 1 atom stereocenters. The minimum absolute atomic E-state index is 0.244. The molecule has 1 aliphatic rings. The van der Waals surface area contributed by atoms with Crippen molar-refractivity contribution < 1.29 is 9.90 Å². The average Bonchev–Trinajstić information content (AvgIpc) is 2.97. The number of nitrogen functional groups attached to an aromatic ring is 1. The fourth-order valence-corrected chi connectivity index (χ4v) is 2.69. The fourth-order valence-electron chi connectivity index (χ4n) is 1.98. The maximum atomic E-state index is 11.2. The molecule has 1 unspecified atom stereocenters. The number of aliphatic hydroxyl groups is 1. The summed E-state index contributed by atoms with van der Waals surface area (Å²) >= 11 is 1.29. The van der Waals surface area contributed by atoms with Gasteiger partial charge in [-0.25, -0.2) is 10.8 Å². The molecular weight excluding hydrogens is 240 g/mol. The molecule has 0 bridgehead atoms. The standard InChI is InChI=1S/C10H16N4O2S/c11-13-9(16)10-12-8(6-17-10)4-14-2-1-7(3-14)5-15/h6-7,15H,1-5,11H2,(H,13,16). The molecule has 94 valence electrons. The van der Waals surface area contributed by atoms with E-state index >= 15 is 0 Å². The van der Waals surface area contributed by atoms with Crippen molar-refractivity contribution in [3.63, 3.8) is 0 Å². The predicted molar refractivity (Wildman–Crippen MR) is 64.2 cm³/mol. The number of hydrogen-bond acceptors (Lipinski definition) is 6. The Hall–Kier alpha value is -1.02. The van der Waals surface area contributed by atoms with Gasteiger partial charge in [0.05, 0.1) is 5.69 Å². The zero-order valence-electron chi connectivity index (χ0n) is 9.43. The number of thiazole rings is 1.